The van der Waals surface area contributed by atoms with Gasteiger partial charge in [0, 0.05) is 23.1 Å². The van der Waals surface area contributed by atoms with E-state index in [0.717, 1.165) is 5.56 Å². The number of carboxylic acid groups (broad SMARTS) is 1. The summed E-state index contributed by atoms with van der Waals surface area (Å²) < 4.78 is 4.77. The molecule has 2 unspecified atom stereocenters. The molecule has 1 amide bonds. The lowest BCUT2D eigenvalue weighted by molar-refractivity contribution is -0.143. The molecule has 0 heterocycles. The number of aliphatic carboxylic acids is 1. The maximum absolute atomic E-state index is 12.0. The minimum Gasteiger partial charge on any atom is -0.480 e. The first-order valence-electron chi connectivity index (χ1n) is 6.31. The minimum atomic E-state index is -1.14. The summed E-state index contributed by atoms with van der Waals surface area (Å²) in [7, 11) is 1.37. The number of rotatable bonds is 7. The fraction of sp³-hybridized carbons (Fsp3) is 0.429. The van der Waals surface area contributed by atoms with Gasteiger partial charge in [0.2, 0.25) is 5.91 Å². The van der Waals surface area contributed by atoms with Crippen LogP contribution in [0.4, 0.5) is 0 Å². The lowest BCUT2D eigenvalue weighted by Gasteiger charge is -2.17. The number of benzene rings is 1. The van der Waals surface area contributed by atoms with E-state index in [0.29, 0.717) is 16.5 Å². The maximum Gasteiger partial charge on any atom is 0.328 e. The average Bonchev–Trinajstić information content (AvgIpc) is 2.41. The molecule has 7 heteroatoms. The Kier molecular flexibility index (Phi) is 6.95. The summed E-state index contributed by atoms with van der Waals surface area (Å²) in [5.74, 6) is -1.94. The normalized spacial score (nSPS) is 13.5. The lowest BCUT2D eigenvalue weighted by Crippen LogP contribution is -2.46. The molecular weight excluding hydrogens is 317 g/mol. The van der Waals surface area contributed by atoms with Gasteiger partial charge in [0.25, 0.3) is 0 Å². The molecule has 1 rings (SSSR count). The number of carboxylic acids is 1. The van der Waals surface area contributed by atoms with Crippen LogP contribution in [0.3, 0.4) is 0 Å². The number of amides is 1. The van der Waals surface area contributed by atoms with E-state index >= 15 is 0 Å². The first-order valence-corrected chi connectivity index (χ1v) is 7.06. The van der Waals surface area contributed by atoms with E-state index in [4.69, 9.17) is 33.0 Å². The Balaban J connectivity index is 2.67. The standard InChI is InChI=1S/C14H17Cl2NO4/c1-8(5-9-3-4-10(15)6-11(9)16)13(18)17-12(7-21-2)14(19)20/h3-4,6,8,12H,5,7H2,1-2H3,(H,17,18)(H,19,20). The van der Waals surface area contributed by atoms with Crippen molar-refractivity contribution in [3.63, 3.8) is 0 Å². The highest BCUT2D eigenvalue weighted by Gasteiger charge is 2.23. The molecule has 21 heavy (non-hydrogen) atoms. The van der Waals surface area contributed by atoms with E-state index in [1.54, 1.807) is 25.1 Å². The van der Waals surface area contributed by atoms with Crippen molar-refractivity contribution in [1.82, 2.24) is 5.32 Å². The number of carbonyl (C=O) groups excluding carboxylic acids is 1. The SMILES string of the molecule is COCC(NC(=O)C(C)Cc1ccc(Cl)cc1Cl)C(=O)O. The Labute approximate surface area is 133 Å². The Hall–Kier alpha value is -1.30. The van der Waals surface area contributed by atoms with Crippen molar-refractivity contribution < 1.29 is 19.4 Å². The average molecular weight is 334 g/mol. The van der Waals surface area contributed by atoms with Crippen molar-refractivity contribution in [2.24, 2.45) is 5.92 Å². The number of halogens is 2. The van der Waals surface area contributed by atoms with E-state index in [1.807, 2.05) is 0 Å². The molecule has 0 bridgehead atoms. The fourth-order valence-electron chi connectivity index (χ4n) is 1.77. The predicted octanol–water partition coefficient (Wildman–Crippen LogP) is 2.39. The van der Waals surface area contributed by atoms with Gasteiger partial charge in [-0.05, 0) is 24.1 Å². The van der Waals surface area contributed by atoms with E-state index in [1.165, 1.54) is 7.11 Å². The Morgan fingerprint density at radius 2 is 2.05 bits per heavy atom. The number of hydrogen-bond acceptors (Lipinski definition) is 3. The van der Waals surface area contributed by atoms with Crippen molar-refractivity contribution in [3.8, 4) is 0 Å². The van der Waals surface area contributed by atoms with Crippen LogP contribution in [-0.2, 0) is 20.7 Å². The van der Waals surface area contributed by atoms with Gasteiger partial charge in [0.1, 0.15) is 0 Å². The van der Waals surface area contributed by atoms with Crippen molar-refractivity contribution >= 4 is 35.1 Å². The summed E-state index contributed by atoms with van der Waals surface area (Å²) >= 11 is 11.9. The zero-order chi connectivity index (χ0) is 16.0. The van der Waals surface area contributed by atoms with Crippen molar-refractivity contribution in [2.75, 3.05) is 13.7 Å². The highest BCUT2D eigenvalue weighted by Crippen LogP contribution is 2.23. The van der Waals surface area contributed by atoms with Crippen LogP contribution in [0.25, 0.3) is 0 Å². The van der Waals surface area contributed by atoms with Gasteiger partial charge < -0.3 is 15.2 Å². The second kappa shape index (κ2) is 8.22. The smallest absolute Gasteiger partial charge is 0.328 e. The molecular formula is C14H17Cl2NO4. The van der Waals surface area contributed by atoms with E-state index in [2.05, 4.69) is 5.32 Å². The van der Waals surface area contributed by atoms with Crippen molar-refractivity contribution in [2.45, 2.75) is 19.4 Å². The largest absolute Gasteiger partial charge is 0.480 e. The van der Waals surface area contributed by atoms with Crippen LogP contribution in [0.1, 0.15) is 12.5 Å². The highest BCUT2D eigenvalue weighted by molar-refractivity contribution is 6.35. The second-order valence-corrected chi connectivity index (χ2v) is 5.54. The van der Waals surface area contributed by atoms with E-state index < -0.39 is 17.9 Å². The third-order valence-corrected chi connectivity index (χ3v) is 3.52. The molecule has 5 nitrogen and oxygen atoms in total. The van der Waals surface area contributed by atoms with Crippen LogP contribution in [0.2, 0.25) is 10.0 Å². The first-order chi connectivity index (χ1) is 9.85. The molecule has 2 N–H and O–H groups in total. The zero-order valence-corrected chi connectivity index (χ0v) is 13.2. The molecule has 0 radical (unpaired) electrons. The number of nitrogens with one attached hydrogen (secondary N) is 1. The summed E-state index contributed by atoms with van der Waals surface area (Å²) in [5, 5.41) is 12.4. The summed E-state index contributed by atoms with van der Waals surface area (Å²) in [6, 6.07) is 3.98. The molecule has 1 aromatic rings. The fourth-order valence-corrected chi connectivity index (χ4v) is 2.25. The topological polar surface area (TPSA) is 75.6 Å². The third-order valence-electron chi connectivity index (χ3n) is 2.94. The quantitative estimate of drug-likeness (QED) is 0.803. The number of ether oxygens (including phenoxy) is 1. The van der Waals surface area contributed by atoms with Gasteiger partial charge in [-0.25, -0.2) is 4.79 Å². The van der Waals surface area contributed by atoms with Gasteiger partial charge in [-0.2, -0.15) is 0 Å². The van der Waals surface area contributed by atoms with E-state index in [-0.39, 0.29) is 12.5 Å². The maximum atomic E-state index is 12.0. The third kappa shape index (κ3) is 5.53. The second-order valence-electron chi connectivity index (χ2n) is 4.70. The lowest BCUT2D eigenvalue weighted by atomic mass is 10.00. The minimum absolute atomic E-state index is 0.0878. The molecule has 0 fully saturated rings. The molecule has 0 saturated heterocycles. The van der Waals surface area contributed by atoms with Crippen LogP contribution in [0, 0.1) is 5.92 Å². The van der Waals surface area contributed by atoms with Crippen molar-refractivity contribution in [1.29, 1.82) is 0 Å². The molecule has 2 atom stereocenters. The first kappa shape index (κ1) is 17.8. The predicted molar refractivity (Wildman–Crippen MR) is 80.8 cm³/mol. The number of carbonyl (C=O) groups is 2. The van der Waals surface area contributed by atoms with Crippen LogP contribution >= 0.6 is 23.2 Å². The van der Waals surface area contributed by atoms with Crippen LogP contribution in [0.15, 0.2) is 18.2 Å². The molecule has 0 aliphatic rings. The van der Waals surface area contributed by atoms with Crippen LogP contribution in [-0.4, -0.2) is 36.7 Å². The monoisotopic (exact) mass is 333 g/mol. The van der Waals surface area contributed by atoms with Crippen molar-refractivity contribution in [3.05, 3.63) is 33.8 Å². The molecule has 0 aromatic heterocycles. The van der Waals surface area contributed by atoms with E-state index in [9.17, 15) is 9.59 Å². The number of methoxy groups -OCH3 is 1. The molecule has 1 aromatic carbocycles. The molecule has 0 saturated carbocycles. The van der Waals surface area contributed by atoms with Gasteiger partial charge in [-0.1, -0.05) is 36.2 Å². The number of hydrogen-bond donors (Lipinski definition) is 2. The summed E-state index contributed by atoms with van der Waals surface area (Å²) in [4.78, 5) is 23.0. The summed E-state index contributed by atoms with van der Waals surface area (Å²) in [6.07, 6.45) is 0.390. The summed E-state index contributed by atoms with van der Waals surface area (Å²) in [6.45, 7) is 1.61. The summed E-state index contributed by atoms with van der Waals surface area (Å²) in [5.41, 5.74) is 0.780. The van der Waals surface area contributed by atoms with Gasteiger partial charge in [-0.3, -0.25) is 4.79 Å². The molecule has 0 aliphatic carbocycles. The zero-order valence-electron chi connectivity index (χ0n) is 11.7. The highest BCUT2D eigenvalue weighted by atomic mass is 35.5. The van der Waals surface area contributed by atoms with Crippen LogP contribution < -0.4 is 5.32 Å². The van der Waals surface area contributed by atoms with Gasteiger partial charge in [0.05, 0.1) is 6.61 Å². The van der Waals surface area contributed by atoms with Gasteiger partial charge in [0.15, 0.2) is 6.04 Å². The molecule has 116 valence electrons. The van der Waals surface area contributed by atoms with Crippen LogP contribution in [0.5, 0.6) is 0 Å². The Bertz CT molecular complexity index is 522. The molecule has 0 aliphatic heterocycles. The van der Waals surface area contributed by atoms with Gasteiger partial charge >= 0.3 is 5.97 Å². The molecule has 0 spiro atoms. The van der Waals surface area contributed by atoms with Gasteiger partial charge in [-0.15, -0.1) is 0 Å². The Morgan fingerprint density at radius 1 is 1.38 bits per heavy atom. The Morgan fingerprint density at radius 3 is 2.57 bits per heavy atom.